The van der Waals surface area contributed by atoms with Crippen molar-refractivity contribution in [1.29, 1.82) is 0 Å². The highest BCUT2D eigenvalue weighted by atomic mass is 19.4. The summed E-state index contributed by atoms with van der Waals surface area (Å²) >= 11 is 0. The number of carboxylic acid groups (broad SMARTS) is 2. The van der Waals surface area contributed by atoms with Gasteiger partial charge in [-0.05, 0) is 38.8 Å². The molecular formula is C22H25F6N3O7. The van der Waals surface area contributed by atoms with Crippen molar-refractivity contribution < 1.29 is 60.1 Å². The van der Waals surface area contributed by atoms with Crippen molar-refractivity contribution in [2.45, 2.75) is 63.8 Å². The second-order valence-electron chi connectivity index (χ2n) is 8.20. The van der Waals surface area contributed by atoms with Crippen LogP contribution in [0.25, 0.3) is 0 Å². The maximum atomic E-state index is 10.6. The lowest BCUT2D eigenvalue weighted by Gasteiger charge is -2.39. The second-order valence-corrected chi connectivity index (χ2v) is 8.20. The number of fused-ring (bicyclic) bond motifs is 1. The van der Waals surface area contributed by atoms with Crippen LogP contribution in [-0.4, -0.2) is 80.9 Å². The normalized spacial score (nSPS) is 21.3. The van der Waals surface area contributed by atoms with Crippen LogP contribution in [-0.2, 0) is 20.9 Å². The lowest BCUT2D eigenvalue weighted by Crippen LogP contribution is -2.51. The Morgan fingerprint density at radius 2 is 1.71 bits per heavy atom. The molecule has 2 N–H and O–H groups in total. The van der Waals surface area contributed by atoms with E-state index in [1.54, 1.807) is 12.4 Å². The minimum atomic E-state index is -5.08. The lowest BCUT2D eigenvalue weighted by molar-refractivity contribution is -0.193. The molecule has 3 atom stereocenters. The molecule has 2 aliphatic rings. The Balaban J connectivity index is 0.000000301. The van der Waals surface area contributed by atoms with Crippen molar-refractivity contribution >= 4 is 11.9 Å². The van der Waals surface area contributed by atoms with Crippen molar-refractivity contribution in [3.63, 3.8) is 0 Å². The van der Waals surface area contributed by atoms with Gasteiger partial charge in [-0.15, -0.1) is 0 Å². The molecule has 0 aromatic carbocycles. The molecule has 0 radical (unpaired) electrons. The number of alkyl halides is 6. The Morgan fingerprint density at radius 1 is 1.11 bits per heavy atom. The summed E-state index contributed by atoms with van der Waals surface area (Å²) in [6, 6.07) is 4.23. The van der Waals surface area contributed by atoms with Crippen LogP contribution in [0.1, 0.15) is 29.9 Å². The van der Waals surface area contributed by atoms with Crippen LogP contribution < -0.4 is 4.74 Å². The van der Waals surface area contributed by atoms with Crippen LogP contribution in [0.5, 0.6) is 5.75 Å². The molecule has 0 spiro atoms. The van der Waals surface area contributed by atoms with E-state index in [1.165, 1.54) is 5.56 Å². The van der Waals surface area contributed by atoms with Gasteiger partial charge in [0.1, 0.15) is 23.7 Å². The number of nitrogens with zero attached hydrogens (tertiary/aromatic N) is 3. The van der Waals surface area contributed by atoms with Crippen molar-refractivity contribution in [3.8, 4) is 5.75 Å². The Bertz CT molecular complexity index is 1020. The molecule has 2 fully saturated rings. The molecule has 0 amide bonds. The number of halogens is 6. The third-order valence-corrected chi connectivity index (χ3v) is 5.60. The average molecular weight is 557 g/mol. The number of carbonyl (C=O) groups is 2. The predicted molar refractivity (Wildman–Crippen MR) is 115 cm³/mol. The fraction of sp³-hybridized carbons (Fsp3) is 0.545. The first-order valence-corrected chi connectivity index (χ1v) is 11.1. The van der Waals surface area contributed by atoms with Gasteiger partial charge in [-0.1, -0.05) is 5.16 Å². The molecule has 0 bridgehead atoms. The van der Waals surface area contributed by atoms with Crippen molar-refractivity contribution in [3.05, 3.63) is 41.5 Å². The summed E-state index contributed by atoms with van der Waals surface area (Å²) in [4.78, 5) is 24.4. The van der Waals surface area contributed by atoms with Gasteiger partial charge in [0.25, 0.3) is 0 Å². The van der Waals surface area contributed by atoms with Gasteiger partial charge in [0, 0.05) is 30.9 Å². The third-order valence-electron chi connectivity index (χ3n) is 5.60. The lowest BCUT2D eigenvalue weighted by atomic mass is 10.1. The number of aromatic nitrogens is 2. The summed E-state index contributed by atoms with van der Waals surface area (Å²) in [5, 5.41) is 18.3. The van der Waals surface area contributed by atoms with E-state index in [2.05, 4.69) is 15.0 Å². The van der Waals surface area contributed by atoms with Crippen LogP contribution in [0.3, 0.4) is 0 Å². The van der Waals surface area contributed by atoms with Crippen LogP contribution >= 0.6 is 0 Å². The second kappa shape index (κ2) is 12.9. The number of hydrogen-bond acceptors (Lipinski definition) is 8. The SMILES string of the molecule is Cc1noc(C)c1CN1CCO[C@H]2[C@@H](Oc3cccnc3)CC[C@@H]21.O=C(O)C(F)(F)F.O=C(O)C(F)(F)F. The number of aryl methyl sites for hydroxylation is 2. The quantitative estimate of drug-likeness (QED) is 0.535. The number of aliphatic carboxylic acids is 2. The molecule has 10 nitrogen and oxygen atoms in total. The molecule has 4 rings (SSSR count). The molecule has 3 heterocycles. The maximum Gasteiger partial charge on any atom is 0.490 e. The Kier molecular flexibility index (Phi) is 10.5. The van der Waals surface area contributed by atoms with E-state index < -0.39 is 24.3 Å². The summed E-state index contributed by atoms with van der Waals surface area (Å²) in [7, 11) is 0. The monoisotopic (exact) mass is 557 g/mol. The molecule has 2 aromatic rings. The van der Waals surface area contributed by atoms with Crippen molar-refractivity contribution in [2.24, 2.45) is 0 Å². The summed E-state index contributed by atoms with van der Waals surface area (Å²) in [5.74, 6) is -3.79. The van der Waals surface area contributed by atoms with Gasteiger partial charge in [-0.3, -0.25) is 9.88 Å². The van der Waals surface area contributed by atoms with Crippen LogP contribution in [0, 0.1) is 13.8 Å². The first kappa shape index (κ1) is 30.8. The van der Waals surface area contributed by atoms with Gasteiger partial charge in [-0.2, -0.15) is 26.3 Å². The van der Waals surface area contributed by atoms with E-state index in [-0.39, 0.29) is 12.2 Å². The zero-order valence-corrected chi connectivity index (χ0v) is 20.1. The topological polar surface area (TPSA) is 135 Å². The minimum Gasteiger partial charge on any atom is -0.486 e. The highest BCUT2D eigenvalue weighted by Crippen LogP contribution is 2.34. The number of hydrogen-bond donors (Lipinski definition) is 2. The van der Waals surface area contributed by atoms with E-state index in [9.17, 15) is 26.3 Å². The fourth-order valence-electron chi connectivity index (χ4n) is 3.84. The molecule has 1 saturated carbocycles. The summed E-state index contributed by atoms with van der Waals surface area (Å²) in [6.45, 7) is 6.52. The third kappa shape index (κ3) is 8.86. The van der Waals surface area contributed by atoms with Crippen LogP contribution in [0.15, 0.2) is 29.0 Å². The average Bonchev–Trinajstić information content (AvgIpc) is 3.38. The van der Waals surface area contributed by atoms with Gasteiger partial charge in [-0.25, -0.2) is 9.59 Å². The molecule has 212 valence electrons. The molecule has 1 saturated heterocycles. The Morgan fingerprint density at radius 3 is 2.18 bits per heavy atom. The van der Waals surface area contributed by atoms with E-state index in [1.807, 2.05) is 26.0 Å². The largest absolute Gasteiger partial charge is 0.490 e. The molecule has 1 aliphatic heterocycles. The molecule has 1 aliphatic carbocycles. The van der Waals surface area contributed by atoms with Crippen molar-refractivity contribution in [1.82, 2.24) is 15.0 Å². The number of morpholine rings is 1. The standard InChI is InChI=1S/C18H23N3O3.2C2HF3O2/c1-12-15(13(2)24-20-12)11-21-8-9-22-18-16(21)5-6-17(18)23-14-4-3-7-19-10-14;2*3-2(4,5)1(6)7/h3-4,7,10,16-18H,5-6,8-9,11H2,1-2H3;2*(H,6,7)/t16-,17-,18+;;/m0../s1. The Hall–Kier alpha value is -3.40. The number of ether oxygens (including phenoxy) is 2. The van der Waals surface area contributed by atoms with Crippen LogP contribution in [0.2, 0.25) is 0 Å². The van der Waals surface area contributed by atoms with E-state index >= 15 is 0 Å². The van der Waals surface area contributed by atoms with Gasteiger partial charge >= 0.3 is 24.3 Å². The molecule has 0 unspecified atom stereocenters. The molecule has 16 heteroatoms. The molecular weight excluding hydrogens is 532 g/mol. The molecule has 38 heavy (non-hydrogen) atoms. The highest BCUT2D eigenvalue weighted by Gasteiger charge is 2.44. The number of rotatable bonds is 4. The number of pyridine rings is 1. The first-order valence-electron chi connectivity index (χ1n) is 11.1. The van der Waals surface area contributed by atoms with E-state index in [0.29, 0.717) is 6.04 Å². The van der Waals surface area contributed by atoms with Crippen LogP contribution in [0.4, 0.5) is 26.3 Å². The van der Waals surface area contributed by atoms with Gasteiger partial charge in [0.2, 0.25) is 0 Å². The fourth-order valence-corrected chi connectivity index (χ4v) is 3.84. The zero-order chi connectivity index (χ0) is 28.7. The smallest absolute Gasteiger partial charge is 0.486 e. The predicted octanol–water partition coefficient (Wildman–Crippen LogP) is 3.76. The first-order chi connectivity index (χ1) is 17.6. The zero-order valence-electron chi connectivity index (χ0n) is 20.1. The highest BCUT2D eigenvalue weighted by molar-refractivity contribution is 5.73. The Labute approximate surface area is 212 Å². The minimum absolute atomic E-state index is 0.0895. The summed E-state index contributed by atoms with van der Waals surface area (Å²) in [6.07, 6.45) is -4.36. The van der Waals surface area contributed by atoms with Crippen molar-refractivity contribution in [2.75, 3.05) is 13.2 Å². The van der Waals surface area contributed by atoms with Gasteiger partial charge in [0.15, 0.2) is 0 Å². The van der Waals surface area contributed by atoms with Gasteiger partial charge < -0.3 is 24.2 Å². The van der Waals surface area contributed by atoms with Gasteiger partial charge in [0.05, 0.1) is 18.5 Å². The summed E-state index contributed by atoms with van der Waals surface area (Å²) in [5.41, 5.74) is 2.18. The maximum absolute atomic E-state index is 10.6. The summed E-state index contributed by atoms with van der Waals surface area (Å²) < 4.78 is 81.0. The number of carboxylic acids is 2. The molecule has 2 aromatic heterocycles. The van der Waals surface area contributed by atoms with E-state index in [4.69, 9.17) is 33.8 Å². The van der Waals surface area contributed by atoms with E-state index in [0.717, 1.165) is 49.7 Å².